The Balaban J connectivity index is 3.61. The lowest BCUT2D eigenvalue weighted by Crippen LogP contribution is -2.20. The maximum atomic E-state index is 10.8. The van der Waals surface area contributed by atoms with Crippen molar-refractivity contribution in [2.75, 3.05) is 13.7 Å². The highest BCUT2D eigenvalue weighted by molar-refractivity contribution is 5.59. The first-order chi connectivity index (χ1) is 5.74. The number of carbonyl (C=O) groups excluding carboxylic acids is 1. The zero-order valence-corrected chi connectivity index (χ0v) is 7.83. The van der Waals surface area contributed by atoms with Gasteiger partial charge in [-0.1, -0.05) is 13.3 Å². The molecule has 0 aliphatic heterocycles. The van der Waals surface area contributed by atoms with Crippen molar-refractivity contribution >= 4 is 6.16 Å². The molecule has 4 heteroatoms. The van der Waals surface area contributed by atoms with Crippen LogP contribution >= 0.6 is 0 Å². The van der Waals surface area contributed by atoms with Gasteiger partial charge in [-0.3, -0.25) is 0 Å². The van der Waals surface area contributed by atoms with Gasteiger partial charge in [0.05, 0.1) is 6.61 Å². The van der Waals surface area contributed by atoms with E-state index in [1.165, 1.54) is 7.11 Å². The number of ether oxygens (including phenoxy) is 3. The fourth-order valence-electron chi connectivity index (χ4n) is 0.720. The molecule has 0 aromatic rings. The summed E-state index contributed by atoms with van der Waals surface area (Å²) in [6.07, 6.45) is 0.444. The van der Waals surface area contributed by atoms with Crippen LogP contribution in [0.4, 0.5) is 4.79 Å². The van der Waals surface area contributed by atoms with Crippen LogP contribution in [0.5, 0.6) is 0 Å². The molecule has 0 aliphatic carbocycles. The number of hydrogen-bond donors (Lipinski definition) is 0. The van der Waals surface area contributed by atoms with E-state index in [1.807, 2.05) is 6.92 Å². The molecule has 12 heavy (non-hydrogen) atoms. The number of carbonyl (C=O) groups is 1. The summed E-state index contributed by atoms with van der Waals surface area (Å²) in [7, 11) is 1.50. The zero-order valence-electron chi connectivity index (χ0n) is 7.83. The summed E-state index contributed by atoms with van der Waals surface area (Å²) < 4.78 is 14.3. The van der Waals surface area contributed by atoms with Crippen molar-refractivity contribution in [1.29, 1.82) is 0 Å². The molecule has 72 valence electrons. The highest BCUT2D eigenvalue weighted by atomic mass is 16.8. The first-order valence-corrected chi connectivity index (χ1v) is 4.10. The van der Waals surface area contributed by atoms with Crippen LogP contribution < -0.4 is 0 Å². The Bertz CT molecular complexity index is 124. The van der Waals surface area contributed by atoms with Crippen LogP contribution in [0, 0.1) is 0 Å². The Morgan fingerprint density at radius 1 is 1.42 bits per heavy atom. The Morgan fingerprint density at radius 2 is 2.08 bits per heavy atom. The van der Waals surface area contributed by atoms with E-state index in [1.54, 1.807) is 6.92 Å². The van der Waals surface area contributed by atoms with Gasteiger partial charge in [-0.05, 0) is 6.92 Å². The molecule has 0 aliphatic rings. The quantitative estimate of drug-likeness (QED) is 0.474. The number of hydrogen-bond acceptors (Lipinski definition) is 4. The van der Waals surface area contributed by atoms with Crippen molar-refractivity contribution in [2.24, 2.45) is 0 Å². The van der Waals surface area contributed by atoms with Gasteiger partial charge in [0.2, 0.25) is 6.29 Å². The fourth-order valence-corrected chi connectivity index (χ4v) is 0.720. The van der Waals surface area contributed by atoms with E-state index < -0.39 is 12.4 Å². The number of methoxy groups -OCH3 is 1. The minimum absolute atomic E-state index is 0.321. The van der Waals surface area contributed by atoms with Crippen molar-refractivity contribution in [3.8, 4) is 0 Å². The molecule has 1 unspecified atom stereocenters. The smallest absolute Gasteiger partial charge is 0.435 e. The molecule has 0 aromatic heterocycles. The second kappa shape index (κ2) is 6.91. The van der Waals surface area contributed by atoms with E-state index in [-0.39, 0.29) is 0 Å². The highest BCUT2D eigenvalue weighted by Gasteiger charge is 2.12. The van der Waals surface area contributed by atoms with E-state index in [0.717, 1.165) is 6.42 Å². The second-order valence-corrected chi connectivity index (χ2v) is 2.25. The molecule has 0 fully saturated rings. The predicted molar refractivity (Wildman–Crippen MR) is 43.8 cm³/mol. The van der Waals surface area contributed by atoms with Gasteiger partial charge < -0.3 is 14.2 Å². The van der Waals surface area contributed by atoms with Gasteiger partial charge in [0.25, 0.3) is 0 Å². The monoisotopic (exact) mass is 176 g/mol. The van der Waals surface area contributed by atoms with Crippen LogP contribution in [-0.2, 0) is 14.2 Å². The predicted octanol–water partition coefficient (Wildman–Crippen LogP) is 1.93. The minimum Gasteiger partial charge on any atom is -0.435 e. The third-order valence-corrected chi connectivity index (χ3v) is 1.28. The van der Waals surface area contributed by atoms with E-state index in [4.69, 9.17) is 9.47 Å². The van der Waals surface area contributed by atoms with Gasteiger partial charge in [-0.15, -0.1) is 0 Å². The molecular formula is C8H16O4. The number of rotatable bonds is 5. The summed E-state index contributed by atoms with van der Waals surface area (Å²) in [6.45, 7) is 4.03. The standard InChI is InChI=1S/C8H16O4/c1-4-6-7(10-3)12-8(9)11-5-2/h7H,4-6H2,1-3H3. The van der Waals surface area contributed by atoms with Gasteiger partial charge in [-0.25, -0.2) is 4.79 Å². The Hall–Kier alpha value is -0.770. The largest absolute Gasteiger partial charge is 0.510 e. The molecule has 0 N–H and O–H groups in total. The summed E-state index contributed by atoms with van der Waals surface area (Å²) in [4.78, 5) is 10.8. The molecule has 0 aromatic carbocycles. The Kier molecular flexibility index (Phi) is 6.47. The van der Waals surface area contributed by atoms with Gasteiger partial charge in [-0.2, -0.15) is 0 Å². The third-order valence-electron chi connectivity index (χ3n) is 1.28. The van der Waals surface area contributed by atoms with Crippen molar-refractivity contribution in [3.05, 3.63) is 0 Å². The summed E-state index contributed by atoms with van der Waals surface area (Å²) in [6, 6.07) is 0. The lowest BCUT2D eigenvalue weighted by atomic mass is 10.3. The molecule has 0 spiro atoms. The van der Waals surface area contributed by atoms with Crippen molar-refractivity contribution < 1.29 is 19.0 Å². The van der Waals surface area contributed by atoms with Crippen LogP contribution in [0.25, 0.3) is 0 Å². The normalized spacial score (nSPS) is 12.2. The highest BCUT2D eigenvalue weighted by Crippen LogP contribution is 2.03. The second-order valence-electron chi connectivity index (χ2n) is 2.25. The van der Waals surface area contributed by atoms with Gasteiger partial charge >= 0.3 is 6.16 Å². The topological polar surface area (TPSA) is 44.8 Å². The summed E-state index contributed by atoms with van der Waals surface area (Å²) in [5.74, 6) is 0. The van der Waals surface area contributed by atoms with Gasteiger partial charge in [0.1, 0.15) is 0 Å². The molecule has 4 nitrogen and oxygen atoms in total. The molecule has 1 atom stereocenters. The molecule has 0 radical (unpaired) electrons. The average Bonchev–Trinajstić information content (AvgIpc) is 2.04. The molecule has 0 saturated carbocycles. The minimum atomic E-state index is -0.669. The maximum Gasteiger partial charge on any atom is 0.510 e. The van der Waals surface area contributed by atoms with E-state index in [0.29, 0.717) is 13.0 Å². The SMILES string of the molecule is CCCC(OC)OC(=O)OCC. The molecule has 0 amide bonds. The van der Waals surface area contributed by atoms with E-state index in [2.05, 4.69) is 4.74 Å². The van der Waals surface area contributed by atoms with Gasteiger partial charge in [0, 0.05) is 13.5 Å². The molecule has 0 heterocycles. The first-order valence-electron chi connectivity index (χ1n) is 4.10. The van der Waals surface area contributed by atoms with Crippen molar-refractivity contribution in [1.82, 2.24) is 0 Å². The van der Waals surface area contributed by atoms with Gasteiger partial charge in [0.15, 0.2) is 0 Å². The Labute approximate surface area is 72.8 Å². The zero-order chi connectivity index (χ0) is 9.40. The van der Waals surface area contributed by atoms with Crippen LogP contribution in [-0.4, -0.2) is 26.2 Å². The van der Waals surface area contributed by atoms with Crippen LogP contribution in [0.15, 0.2) is 0 Å². The summed E-state index contributed by atoms with van der Waals surface area (Å²) >= 11 is 0. The maximum absolute atomic E-state index is 10.8. The summed E-state index contributed by atoms with van der Waals surface area (Å²) in [5.41, 5.74) is 0. The fraction of sp³-hybridized carbons (Fsp3) is 0.875. The van der Waals surface area contributed by atoms with Crippen LogP contribution in [0.3, 0.4) is 0 Å². The first kappa shape index (κ1) is 11.2. The average molecular weight is 176 g/mol. The van der Waals surface area contributed by atoms with E-state index >= 15 is 0 Å². The van der Waals surface area contributed by atoms with Crippen molar-refractivity contribution in [3.63, 3.8) is 0 Å². The lowest BCUT2D eigenvalue weighted by Gasteiger charge is -2.14. The summed E-state index contributed by atoms with van der Waals surface area (Å²) in [5, 5.41) is 0. The molecular weight excluding hydrogens is 160 g/mol. The molecule has 0 saturated heterocycles. The van der Waals surface area contributed by atoms with Crippen LogP contribution in [0.2, 0.25) is 0 Å². The molecule has 0 bridgehead atoms. The third kappa shape index (κ3) is 4.96. The Morgan fingerprint density at radius 3 is 2.50 bits per heavy atom. The van der Waals surface area contributed by atoms with Crippen LogP contribution in [0.1, 0.15) is 26.7 Å². The molecule has 0 rings (SSSR count). The van der Waals surface area contributed by atoms with E-state index in [9.17, 15) is 4.79 Å². The van der Waals surface area contributed by atoms with Crippen molar-refractivity contribution in [2.45, 2.75) is 33.0 Å². The lowest BCUT2D eigenvalue weighted by molar-refractivity contribution is -0.106.